The number of halogens is 1. The standard InChI is InChI=1S/C19H23ClN6O/c1-13-18(22-16-5-4-14(27-3)12-15(16)20)23-17-6-7-21-26(17)19(13)25-10-8-24(2)9-11-25/h4-7,12H,8-11H2,1-3H3,(H,22,23). The molecular formula is C19H23ClN6O. The molecule has 0 atom stereocenters. The number of likely N-dealkylation sites (N-methyl/N-ethyl adjacent to an activating group) is 1. The minimum atomic E-state index is 0.588. The summed E-state index contributed by atoms with van der Waals surface area (Å²) < 4.78 is 7.15. The smallest absolute Gasteiger partial charge is 0.159 e. The third-order valence-corrected chi connectivity index (χ3v) is 5.29. The van der Waals surface area contributed by atoms with Crippen LogP contribution in [0.25, 0.3) is 5.65 Å². The predicted octanol–water partition coefficient (Wildman–Crippen LogP) is 3.20. The highest BCUT2D eigenvalue weighted by Crippen LogP contribution is 2.33. The van der Waals surface area contributed by atoms with Gasteiger partial charge in [0.2, 0.25) is 0 Å². The number of nitrogens with one attached hydrogen (secondary N) is 1. The van der Waals surface area contributed by atoms with E-state index in [0.717, 1.165) is 60.5 Å². The number of aromatic nitrogens is 3. The summed E-state index contributed by atoms with van der Waals surface area (Å²) in [5.41, 5.74) is 2.64. The van der Waals surface area contributed by atoms with Gasteiger partial charge in [0.15, 0.2) is 5.65 Å². The lowest BCUT2D eigenvalue weighted by atomic mass is 10.2. The average molecular weight is 387 g/mol. The molecule has 0 saturated carbocycles. The number of methoxy groups -OCH3 is 1. The van der Waals surface area contributed by atoms with Gasteiger partial charge in [-0.3, -0.25) is 0 Å². The van der Waals surface area contributed by atoms with Gasteiger partial charge in [0, 0.05) is 43.9 Å². The van der Waals surface area contributed by atoms with Crippen molar-refractivity contribution in [1.82, 2.24) is 19.5 Å². The van der Waals surface area contributed by atoms with Crippen molar-refractivity contribution in [2.24, 2.45) is 0 Å². The topological polar surface area (TPSA) is 57.9 Å². The van der Waals surface area contributed by atoms with Gasteiger partial charge >= 0.3 is 0 Å². The molecule has 0 unspecified atom stereocenters. The summed E-state index contributed by atoms with van der Waals surface area (Å²) in [6.45, 7) is 6.04. The van der Waals surface area contributed by atoms with Crippen LogP contribution in [0.4, 0.5) is 17.3 Å². The third-order valence-electron chi connectivity index (χ3n) is 4.97. The Hall–Kier alpha value is -2.51. The number of nitrogens with zero attached hydrogens (tertiary/aromatic N) is 5. The summed E-state index contributed by atoms with van der Waals surface area (Å²) in [7, 11) is 3.78. The van der Waals surface area contributed by atoms with Gasteiger partial charge in [-0.05, 0) is 26.1 Å². The SMILES string of the molecule is COc1ccc(Nc2nc3ccnn3c(N3CCN(C)CC3)c2C)c(Cl)c1. The minimum Gasteiger partial charge on any atom is -0.497 e. The molecule has 0 radical (unpaired) electrons. The molecule has 1 aliphatic heterocycles. The second-order valence-electron chi connectivity index (χ2n) is 6.77. The summed E-state index contributed by atoms with van der Waals surface area (Å²) in [4.78, 5) is 9.46. The van der Waals surface area contributed by atoms with Crippen LogP contribution >= 0.6 is 11.6 Å². The number of hydrogen-bond donors (Lipinski definition) is 1. The summed E-state index contributed by atoms with van der Waals surface area (Å²) in [6, 6.07) is 7.48. The molecule has 3 heterocycles. The van der Waals surface area contributed by atoms with Gasteiger partial charge in [0.05, 0.1) is 24.0 Å². The maximum Gasteiger partial charge on any atom is 0.159 e. The first kappa shape index (κ1) is 17.9. The first-order chi connectivity index (χ1) is 13.1. The predicted molar refractivity (Wildman–Crippen MR) is 109 cm³/mol. The second-order valence-corrected chi connectivity index (χ2v) is 7.18. The molecule has 1 saturated heterocycles. The van der Waals surface area contributed by atoms with E-state index in [1.165, 1.54) is 0 Å². The van der Waals surface area contributed by atoms with Crippen LogP contribution in [0, 0.1) is 6.92 Å². The summed E-state index contributed by atoms with van der Waals surface area (Å²) in [5, 5.41) is 8.46. The molecule has 0 aliphatic carbocycles. The average Bonchev–Trinajstić information content (AvgIpc) is 3.13. The van der Waals surface area contributed by atoms with Gasteiger partial charge in [0.25, 0.3) is 0 Å². The lowest BCUT2D eigenvalue weighted by Gasteiger charge is -2.35. The molecule has 27 heavy (non-hydrogen) atoms. The highest BCUT2D eigenvalue weighted by atomic mass is 35.5. The number of ether oxygens (including phenoxy) is 1. The van der Waals surface area contributed by atoms with Gasteiger partial charge in [-0.25, -0.2) is 4.98 Å². The first-order valence-electron chi connectivity index (χ1n) is 8.95. The van der Waals surface area contributed by atoms with E-state index in [9.17, 15) is 0 Å². The Morgan fingerprint density at radius 3 is 2.63 bits per heavy atom. The number of fused-ring (bicyclic) bond motifs is 1. The molecular weight excluding hydrogens is 364 g/mol. The van der Waals surface area contributed by atoms with Crippen LogP contribution in [0.1, 0.15) is 5.56 Å². The number of hydrogen-bond acceptors (Lipinski definition) is 6. The van der Waals surface area contributed by atoms with E-state index >= 15 is 0 Å². The third kappa shape index (κ3) is 3.40. The number of benzene rings is 1. The van der Waals surface area contributed by atoms with Crippen molar-refractivity contribution in [3.8, 4) is 5.75 Å². The Morgan fingerprint density at radius 1 is 1.15 bits per heavy atom. The molecule has 0 spiro atoms. The molecule has 0 amide bonds. The van der Waals surface area contributed by atoms with Crippen molar-refractivity contribution in [2.45, 2.75) is 6.92 Å². The molecule has 142 valence electrons. The molecule has 1 fully saturated rings. The largest absolute Gasteiger partial charge is 0.497 e. The fraction of sp³-hybridized carbons (Fsp3) is 0.368. The van der Waals surface area contributed by atoms with E-state index in [0.29, 0.717) is 5.02 Å². The van der Waals surface area contributed by atoms with Crippen molar-refractivity contribution in [1.29, 1.82) is 0 Å². The van der Waals surface area contributed by atoms with Crippen molar-refractivity contribution in [2.75, 3.05) is 50.6 Å². The Kier molecular flexibility index (Phi) is 4.80. The highest BCUT2D eigenvalue weighted by molar-refractivity contribution is 6.33. The fourth-order valence-corrected chi connectivity index (χ4v) is 3.59. The first-order valence-corrected chi connectivity index (χ1v) is 9.33. The fourth-order valence-electron chi connectivity index (χ4n) is 3.37. The van der Waals surface area contributed by atoms with E-state index in [2.05, 4.69) is 34.2 Å². The van der Waals surface area contributed by atoms with Crippen molar-refractivity contribution >= 4 is 34.6 Å². The van der Waals surface area contributed by atoms with E-state index in [1.54, 1.807) is 19.4 Å². The van der Waals surface area contributed by atoms with Crippen LogP contribution < -0.4 is 15.0 Å². The van der Waals surface area contributed by atoms with Gasteiger partial charge < -0.3 is 19.9 Å². The lowest BCUT2D eigenvalue weighted by Crippen LogP contribution is -2.45. The zero-order valence-corrected chi connectivity index (χ0v) is 16.5. The van der Waals surface area contributed by atoms with Gasteiger partial charge in [-0.2, -0.15) is 9.61 Å². The van der Waals surface area contributed by atoms with E-state index in [1.807, 2.05) is 22.7 Å². The number of rotatable bonds is 4. The normalized spacial score (nSPS) is 15.3. The highest BCUT2D eigenvalue weighted by Gasteiger charge is 2.22. The van der Waals surface area contributed by atoms with Gasteiger partial charge in [-0.15, -0.1) is 0 Å². The quantitative estimate of drug-likeness (QED) is 0.743. The van der Waals surface area contributed by atoms with Gasteiger partial charge in [0.1, 0.15) is 17.4 Å². The Labute approximate surface area is 163 Å². The van der Waals surface area contributed by atoms with Crippen LogP contribution in [-0.4, -0.2) is 59.8 Å². The van der Waals surface area contributed by atoms with Crippen LogP contribution in [0.3, 0.4) is 0 Å². The maximum absolute atomic E-state index is 6.41. The lowest BCUT2D eigenvalue weighted by molar-refractivity contribution is 0.311. The zero-order chi connectivity index (χ0) is 19.0. The second kappa shape index (κ2) is 7.25. The summed E-state index contributed by atoms with van der Waals surface area (Å²) in [5.74, 6) is 2.58. The van der Waals surface area contributed by atoms with Crippen molar-refractivity contribution in [3.63, 3.8) is 0 Å². The summed E-state index contributed by atoms with van der Waals surface area (Å²) >= 11 is 6.41. The Morgan fingerprint density at radius 2 is 1.93 bits per heavy atom. The Balaban J connectivity index is 1.74. The zero-order valence-electron chi connectivity index (χ0n) is 15.7. The molecule has 1 N–H and O–H groups in total. The van der Waals surface area contributed by atoms with Crippen LogP contribution in [0.15, 0.2) is 30.5 Å². The van der Waals surface area contributed by atoms with E-state index < -0.39 is 0 Å². The maximum atomic E-state index is 6.41. The molecule has 0 bridgehead atoms. The molecule has 7 nitrogen and oxygen atoms in total. The van der Waals surface area contributed by atoms with Gasteiger partial charge in [-0.1, -0.05) is 11.6 Å². The van der Waals surface area contributed by atoms with E-state index in [4.69, 9.17) is 21.3 Å². The Bertz CT molecular complexity index is 964. The van der Waals surface area contributed by atoms with E-state index in [-0.39, 0.29) is 0 Å². The molecule has 3 aromatic rings. The summed E-state index contributed by atoms with van der Waals surface area (Å²) in [6.07, 6.45) is 1.78. The van der Waals surface area contributed by atoms with Crippen molar-refractivity contribution < 1.29 is 4.74 Å². The number of anilines is 3. The molecule has 8 heteroatoms. The minimum absolute atomic E-state index is 0.588. The molecule has 1 aromatic carbocycles. The molecule has 4 rings (SSSR count). The van der Waals surface area contributed by atoms with Crippen LogP contribution in [-0.2, 0) is 0 Å². The van der Waals surface area contributed by atoms with Crippen LogP contribution in [0.2, 0.25) is 5.02 Å². The van der Waals surface area contributed by atoms with Crippen molar-refractivity contribution in [3.05, 3.63) is 41.0 Å². The molecule has 2 aromatic heterocycles. The van der Waals surface area contributed by atoms with Crippen LogP contribution in [0.5, 0.6) is 5.75 Å². The monoisotopic (exact) mass is 386 g/mol. The molecule has 1 aliphatic rings. The number of piperazine rings is 1.